The molecule has 9 nitrogen and oxygen atoms in total. The van der Waals surface area contributed by atoms with Gasteiger partial charge in [-0.25, -0.2) is 0 Å². The normalized spacial score (nSPS) is 26.4. The molecule has 3 heterocycles. The number of methoxy groups -OCH3 is 1. The number of hydrogen-bond acceptors (Lipinski definition) is 6. The second-order valence-electron chi connectivity index (χ2n) is 10.3. The number of nitrogens with zero attached hydrogens (tertiary/aromatic N) is 3. The van der Waals surface area contributed by atoms with Crippen molar-refractivity contribution in [3.8, 4) is 5.75 Å². The van der Waals surface area contributed by atoms with E-state index in [1.807, 2.05) is 30.3 Å². The van der Waals surface area contributed by atoms with Crippen LogP contribution in [0.15, 0.2) is 79.9 Å². The zero-order valence-electron chi connectivity index (χ0n) is 22.6. The van der Waals surface area contributed by atoms with E-state index in [2.05, 4.69) is 13.2 Å². The van der Waals surface area contributed by atoms with Crippen LogP contribution in [0.1, 0.15) is 12.8 Å². The molecule has 0 saturated carbocycles. The van der Waals surface area contributed by atoms with Gasteiger partial charge in [-0.15, -0.1) is 13.2 Å². The number of aliphatic hydroxyl groups excluding tert-OH is 1. The molecule has 210 valence electrons. The van der Waals surface area contributed by atoms with E-state index in [4.69, 9.17) is 9.47 Å². The first-order valence-electron chi connectivity index (χ1n) is 13.5. The first-order chi connectivity index (χ1) is 19.4. The first-order valence-corrected chi connectivity index (χ1v) is 13.5. The summed E-state index contributed by atoms with van der Waals surface area (Å²) in [5.74, 6) is -1.85. The lowest BCUT2D eigenvalue weighted by atomic mass is 9.70. The molecule has 0 radical (unpaired) electrons. The Kier molecular flexibility index (Phi) is 7.78. The van der Waals surface area contributed by atoms with Crippen molar-refractivity contribution in [1.29, 1.82) is 0 Å². The highest BCUT2D eigenvalue weighted by molar-refractivity contribution is 6.06. The number of ether oxygens (including phenoxy) is 2. The van der Waals surface area contributed by atoms with E-state index in [-0.39, 0.29) is 44.0 Å². The summed E-state index contributed by atoms with van der Waals surface area (Å²) in [6.07, 6.45) is 3.80. The fourth-order valence-electron chi connectivity index (χ4n) is 6.66. The number of β-amino-alcohol motifs (C(OH)–C–C–N with tert-alkyl or cyclic N) is 1. The minimum atomic E-state index is -1.17. The lowest BCUT2D eigenvalue weighted by Crippen LogP contribution is -2.57. The van der Waals surface area contributed by atoms with Crippen molar-refractivity contribution in [3.05, 3.63) is 79.9 Å². The molecule has 3 aliphatic rings. The maximum absolute atomic E-state index is 14.4. The van der Waals surface area contributed by atoms with E-state index < -0.39 is 29.6 Å². The number of amides is 3. The van der Waals surface area contributed by atoms with Gasteiger partial charge < -0.3 is 29.3 Å². The van der Waals surface area contributed by atoms with Crippen LogP contribution in [-0.4, -0.2) is 78.8 Å². The van der Waals surface area contributed by atoms with Crippen LogP contribution in [0.5, 0.6) is 5.75 Å². The van der Waals surface area contributed by atoms with Crippen molar-refractivity contribution in [2.45, 2.75) is 30.6 Å². The average molecular weight is 546 g/mol. The monoisotopic (exact) mass is 545 g/mol. The van der Waals surface area contributed by atoms with Crippen LogP contribution >= 0.6 is 0 Å². The molecule has 3 aliphatic heterocycles. The first kappa shape index (κ1) is 27.6. The van der Waals surface area contributed by atoms with E-state index >= 15 is 0 Å². The molecular weight excluding hydrogens is 510 g/mol. The Morgan fingerprint density at radius 2 is 1.68 bits per heavy atom. The Labute approximate surface area is 234 Å². The highest BCUT2D eigenvalue weighted by Gasteiger charge is 2.75. The van der Waals surface area contributed by atoms with Crippen molar-refractivity contribution in [3.63, 3.8) is 0 Å². The van der Waals surface area contributed by atoms with E-state index in [0.717, 1.165) is 0 Å². The van der Waals surface area contributed by atoms with Crippen LogP contribution in [0.3, 0.4) is 0 Å². The molecule has 2 aromatic rings. The number of carbonyl (C=O) groups is 3. The van der Waals surface area contributed by atoms with E-state index in [1.54, 1.807) is 53.3 Å². The number of hydrogen-bond donors (Lipinski definition) is 1. The van der Waals surface area contributed by atoms with Crippen molar-refractivity contribution < 1.29 is 29.0 Å². The van der Waals surface area contributed by atoms with Crippen LogP contribution in [0, 0.1) is 11.8 Å². The smallest absolute Gasteiger partial charge is 0.253 e. The number of benzene rings is 2. The molecule has 2 aromatic carbocycles. The molecule has 1 spiro atoms. The van der Waals surface area contributed by atoms with E-state index in [0.29, 0.717) is 30.0 Å². The second kappa shape index (κ2) is 11.3. The van der Waals surface area contributed by atoms with Gasteiger partial charge in [-0.1, -0.05) is 30.4 Å². The molecule has 40 heavy (non-hydrogen) atoms. The predicted molar refractivity (Wildman–Crippen MR) is 151 cm³/mol. The molecule has 3 amide bonds. The summed E-state index contributed by atoms with van der Waals surface area (Å²) in [4.78, 5) is 47.1. The zero-order valence-corrected chi connectivity index (χ0v) is 22.6. The fraction of sp³-hybridized carbons (Fsp3) is 0.387. The molecule has 0 aliphatic carbocycles. The Bertz CT molecular complexity index is 1280. The van der Waals surface area contributed by atoms with Gasteiger partial charge in [0.25, 0.3) is 5.91 Å². The van der Waals surface area contributed by atoms with Crippen LogP contribution < -0.4 is 14.5 Å². The van der Waals surface area contributed by atoms with Crippen molar-refractivity contribution in [2.75, 3.05) is 43.2 Å². The third-order valence-electron chi connectivity index (χ3n) is 8.27. The number of aliphatic hydroxyl groups is 1. The summed E-state index contributed by atoms with van der Waals surface area (Å²) in [5.41, 5.74) is 0.144. The van der Waals surface area contributed by atoms with E-state index in [1.165, 1.54) is 4.90 Å². The summed E-state index contributed by atoms with van der Waals surface area (Å²) in [6.45, 7) is 7.75. The second-order valence-corrected chi connectivity index (χ2v) is 10.3. The van der Waals surface area contributed by atoms with Gasteiger partial charge in [-0.3, -0.25) is 14.4 Å². The van der Waals surface area contributed by atoms with Crippen molar-refractivity contribution in [2.24, 2.45) is 11.8 Å². The molecule has 9 heteroatoms. The third kappa shape index (κ3) is 4.39. The number of carbonyl (C=O) groups excluding carboxylic acids is 3. The number of anilines is 2. The standard InChI is InChI=1S/C31H35N3O6/c1-4-17-32(21-9-7-6-8-10-21)28(36)25-24-15-16-31(40-24)26(25)29(37)34(19-20-35)27(31)30(38)33(18-5-2)22-11-13-23(39-3)14-12-22/h4-14,24-27,35H,1-2,15-20H2,3H3/t24-,25+,26-,27?,31?/m0/s1. The Morgan fingerprint density at radius 3 is 2.27 bits per heavy atom. The molecule has 5 atom stereocenters. The lowest BCUT2D eigenvalue weighted by molar-refractivity contribution is -0.141. The molecule has 0 aromatic heterocycles. The lowest BCUT2D eigenvalue weighted by Gasteiger charge is -2.36. The largest absolute Gasteiger partial charge is 0.497 e. The number of para-hydroxylation sites is 1. The van der Waals surface area contributed by atoms with Gasteiger partial charge in [0.1, 0.15) is 17.4 Å². The Balaban J connectivity index is 1.53. The maximum Gasteiger partial charge on any atom is 0.253 e. The van der Waals surface area contributed by atoms with Gasteiger partial charge in [0.15, 0.2) is 0 Å². The summed E-state index contributed by atoms with van der Waals surface area (Å²) in [5, 5.41) is 9.90. The summed E-state index contributed by atoms with van der Waals surface area (Å²) < 4.78 is 11.8. The van der Waals surface area contributed by atoms with Gasteiger partial charge in [0.05, 0.1) is 31.7 Å². The maximum atomic E-state index is 14.4. The topological polar surface area (TPSA) is 99.6 Å². The highest BCUT2D eigenvalue weighted by Crippen LogP contribution is 2.59. The van der Waals surface area contributed by atoms with Crippen LogP contribution in [-0.2, 0) is 19.1 Å². The molecule has 2 unspecified atom stereocenters. The van der Waals surface area contributed by atoms with Crippen LogP contribution in [0.4, 0.5) is 11.4 Å². The number of rotatable bonds is 11. The Morgan fingerprint density at radius 1 is 1.05 bits per heavy atom. The molecule has 3 saturated heterocycles. The SMILES string of the molecule is C=CCN(C(=O)C1N(CCO)C(=O)[C@@H]2[C@H](C(=O)N(CC=C)c3ccccc3)[C@@H]3CCC12O3)c1ccc(OC)cc1. The quantitative estimate of drug-likeness (QED) is 0.436. The van der Waals surface area contributed by atoms with Crippen LogP contribution in [0.2, 0.25) is 0 Å². The summed E-state index contributed by atoms with van der Waals surface area (Å²) >= 11 is 0. The third-order valence-corrected chi connectivity index (χ3v) is 8.27. The molecule has 3 fully saturated rings. The van der Waals surface area contributed by atoms with Gasteiger partial charge in [-0.05, 0) is 49.2 Å². The minimum absolute atomic E-state index is 0.0397. The van der Waals surface area contributed by atoms with Gasteiger partial charge >= 0.3 is 0 Å². The predicted octanol–water partition coefficient (Wildman–Crippen LogP) is 2.80. The van der Waals surface area contributed by atoms with Crippen molar-refractivity contribution in [1.82, 2.24) is 4.90 Å². The van der Waals surface area contributed by atoms with Crippen molar-refractivity contribution >= 4 is 29.1 Å². The Hall–Kier alpha value is -3.95. The summed E-state index contributed by atoms with van der Waals surface area (Å²) in [6, 6.07) is 15.3. The average Bonchev–Trinajstić information content (AvgIpc) is 3.62. The highest BCUT2D eigenvalue weighted by atomic mass is 16.5. The minimum Gasteiger partial charge on any atom is -0.497 e. The number of fused-ring (bicyclic) bond motifs is 1. The molecular formula is C31H35N3O6. The number of likely N-dealkylation sites (tertiary alicyclic amines) is 1. The molecule has 5 rings (SSSR count). The zero-order chi connectivity index (χ0) is 28.4. The van der Waals surface area contributed by atoms with E-state index in [9.17, 15) is 19.5 Å². The van der Waals surface area contributed by atoms with Gasteiger partial charge in [0, 0.05) is 31.0 Å². The van der Waals surface area contributed by atoms with Gasteiger partial charge in [0.2, 0.25) is 11.8 Å². The van der Waals surface area contributed by atoms with Crippen LogP contribution in [0.25, 0.3) is 0 Å². The molecule has 1 N–H and O–H groups in total. The fourth-order valence-corrected chi connectivity index (χ4v) is 6.66. The summed E-state index contributed by atoms with van der Waals surface area (Å²) in [7, 11) is 1.57. The molecule has 2 bridgehead atoms. The van der Waals surface area contributed by atoms with Gasteiger partial charge in [-0.2, -0.15) is 0 Å².